The molecule has 0 saturated carbocycles. The highest BCUT2D eigenvalue weighted by Crippen LogP contribution is 2.37. The highest BCUT2D eigenvalue weighted by atomic mass is 35.7. The second-order valence-electron chi connectivity index (χ2n) is 3.41. The van der Waals surface area contributed by atoms with Crippen molar-refractivity contribution in [3.63, 3.8) is 0 Å². The molecule has 0 aromatic heterocycles. The van der Waals surface area contributed by atoms with E-state index in [2.05, 4.69) is 6.58 Å². The number of ether oxygens (including phenoxy) is 1. The molecule has 0 N–H and O–H groups in total. The van der Waals surface area contributed by atoms with Crippen molar-refractivity contribution in [2.45, 2.75) is 17.7 Å². The Labute approximate surface area is 121 Å². The second kappa shape index (κ2) is 6.66. The largest absolute Gasteiger partial charge is 0.492 e. The summed E-state index contributed by atoms with van der Waals surface area (Å²) in [4.78, 5) is -0.228. The lowest BCUT2D eigenvalue weighted by molar-refractivity contribution is 0.312. The molecule has 0 atom stereocenters. The van der Waals surface area contributed by atoms with Crippen LogP contribution in [0.1, 0.15) is 12.8 Å². The standard InChI is InChI=1S/C11H11Cl3O3S/c1-2-3-4-7-17-8-5-6-9(18(14,15)16)11(13)10(8)12/h2,5-6H,1,3-4,7H2. The van der Waals surface area contributed by atoms with Crippen LogP contribution in [0.25, 0.3) is 0 Å². The van der Waals surface area contributed by atoms with Crippen molar-refractivity contribution in [3.05, 3.63) is 34.8 Å². The Morgan fingerprint density at radius 1 is 1.28 bits per heavy atom. The fraction of sp³-hybridized carbons (Fsp3) is 0.273. The summed E-state index contributed by atoms with van der Waals surface area (Å²) < 4.78 is 27.8. The molecule has 0 aliphatic heterocycles. The normalized spacial score (nSPS) is 11.3. The van der Waals surface area contributed by atoms with Crippen LogP contribution in [0.4, 0.5) is 0 Å². The minimum Gasteiger partial charge on any atom is -0.492 e. The number of hydrogen-bond donors (Lipinski definition) is 0. The summed E-state index contributed by atoms with van der Waals surface area (Å²) in [5.41, 5.74) is 0. The molecule has 1 aromatic carbocycles. The summed E-state index contributed by atoms with van der Waals surface area (Å²) in [5.74, 6) is 0.329. The van der Waals surface area contributed by atoms with Crippen LogP contribution in [0.5, 0.6) is 5.75 Å². The maximum absolute atomic E-state index is 11.2. The van der Waals surface area contributed by atoms with E-state index in [0.29, 0.717) is 12.4 Å². The number of benzene rings is 1. The minimum absolute atomic E-state index is 0.0389. The molecule has 0 bridgehead atoms. The number of unbranched alkanes of at least 4 members (excludes halogenated alkanes) is 1. The molecule has 0 aliphatic rings. The van der Waals surface area contributed by atoms with Crippen molar-refractivity contribution in [2.24, 2.45) is 0 Å². The van der Waals surface area contributed by atoms with E-state index in [4.69, 9.17) is 38.6 Å². The van der Waals surface area contributed by atoms with Gasteiger partial charge in [-0.3, -0.25) is 0 Å². The van der Waals surface area contributed by atoms with E-state index in [1.807, 2.05) is 0 Å². The number of allylic oxidation sites excluding steroid dienone is 1. The summed E-state index contributed by atoms with van der Waals surface area (Å²) in [6.45, 7) is 4.03. The Balaban J connectivity index is 2.91. The molecule has 0 amide bonds. The predicted molar refractivity (Wildman–Crippen MR) is 74.4 cm³/mol. The molecule has 0 aliphatic carbocycles. The zero-order chi connectivity index (χ0) is 13.8. The van der Waals surface area contributed by atoms with E-state index < -0.39 is 9.05 Å². The molecule has 3 nitrogen and oxygen atoms in total. The van der Waals surface area contributed by atoms with Gasteiger partial charge < -0.3 is 4.74 Å². The van der Waals surface area contributed by atoms with E-state index in [9.17, 15) is 8.42 Å². The summed E-state index contributed by atoms with van der Waals surface area (Å²) in [7, 11) is 1.30. The van der Waals surface area contributed by atoms with Gasteiger partial charge in [-0.15, -0.1) is 6.58 Å². The Bertz CT molecular complexity index is 541. The monoisotopic (exact) mass is 328 g/mol. The van der Waals surface area contributed by atoms with Crippen LogP contribution in [0.2, 0.25) is 10.0 Å². The maximum Gasteiger partial charge on any atom is 0.262 e. The second-order valence-corrected chi connectivity index (χ2v) is 6.70. The molecular weight excluding hydrogens is 319 g/mol. The lowest BCUT2D eigenvalue weighted by Crippen LogP contribution is -1.99. The van der Waals surface area contributed by atoms with E-state index >= 15 is 0 Å². The van der Waals surface area contributed by atoms with Gasteiger partial charge >= 0.3 is 0 Å². The van der Waals surface area contributed by atoms with Crippen LogP contribution in [0, 0.1) is 0 Å². The third kappa shape index (κ3) is 4.05. The Hall–Kier alpha value is -0.420. The molecule has 1 aromatic rings. The van der Waals surface area contributed by atoms with Crippen LogP contribution < -0.4 is 4.74 Å². The molecular formula is C11H11Cl3O3S. The van der Waals surface area contributed by atoms with Gasteiger partial charge in [0.15, 0.2) is 0 Å². The molecule has 0 radical (unpaired) electrons. The maximum atomic E-state index is 11.2. The van der Waals surface area contributed by atoms with Crippen molar-refractivity contribution in [1.29, 1.82) is 0 Å². The van der Waals surface area contributed by atoms with Gasteiger partial charge in [0.25, 0.3) is 9.05 Å². The molecule has 1 rings (SSSR count). The average Bonchev–Trinajstić information content (AvgIpc) is 2.28. The summed E-state index contributed by atoms with van der Waals surface area (Å²) in [5, 5.41) is -0.0927. The van der Waals surface area contributed by atoms with Gasteiger partial charge in [-0.2, -0.15) is 0 Å². The van der Waals surface area contributed by atoms with Gasteiger partial charge in [0.1, 0.15) is 15.7 Å². The van der Waals surface area contributed by atoms with Gasteiger partial charge in [-0.05, 0) is 25.0 Å². The predicted octanol–water partition coefficient (Wildman–Crippen LogP) is 4.27. The molecule has 0 fully saturated rings. The smallest absolute Gasteiger partial charge is 0.262 e. The Kier molecular flexibility index (Phi) is 5.79. The van der Waals surface area contributed by atoms with Gasteiger partial charge in [0, 0.05) is 10.7 Å². The molecule has 0 unspecified atom stereocenters. The van der Waals surface area contributed by atoms with Crippen molar-refractivity contribution < 1.29 is 13.2 Å². The highest BCUT2D eigenvalue weighted by Gasteiger charge is 2.19. The van der Waals surface area contributed by atoms with Gasteiger partial charge in [-0.1, -0.05) is 29.3 Å². The van der Waals surface area contributed by atoms with Crippen LogP contribution in [-0.2, 0) is 9.05 Å². The zero-order valence-electron chi connectivity index (χ0n) is 9.33. The summed E-state index contributed by atoms with van der Waals surface area (Å²) >= 11 is 11.7. The average molecular weight is 330 g/mol. The molecule has 0 spiro atoms. The summed E-state index contributed by atoms with van der Waals surface area (Å²) in [6.07, 6.45) is 3.38. The third-order valence-corrected chi connectivity index (χ3v) is 4.43. The van der Waals surface area contributed by atoms with Gasteiger partial charge in [0.2, 0.25) is 0 Å². The van der Waals surface area contributed by atoms with Crippen molar-refractivity contribution in [1.82, 2.24) is 0 Å². The van der Waals surface area contributed by atoms with Crippen molar-refractivity contribution in [3.8, 4) is 5.75 Å². The van der Waals surface area contributed by atoms with Crippen LogP contribution in [-0.4, -0.2) is 15.0 Å². The number of rotatable bonds is 6. The SMILES string of the molecule is C=CCCCOc1ccc(S(=O)(=O)Cl)c(Cl)c1Cl. The lowest BCUT2D eigenvalue weighted by atomic mass is 10.3. The first-order valence-corrected chi connectivity index (χ1v) is 8.10. The Morgan fingerprint density at radius 2 is 1.94 bits per heavy atom. The molecule has 7 heteroatoms. The zero-order valence-corrected chi connectivity index (χ0v) is 12.4. The van der Waals surface area contributed by atoms with Crippen molar-refractivity contribution >= 4 is 42.9 Å². The van der Waals surface area contributed by atoms with E-state index in [-0.39, 0.29) is 14.9 Å². The third-order valence-electron chi connectivity index (χ3n) is 2.08. The fourth-order valence-corrected chi connectivity index (χ4v) is 3.01. The van der Waals surface area contributed by atoms with Crippen molar-refractivity contribution in [2.75, 3.05) is 6.61 Å². The van der Waals surface area contributed by atoms with Gasteiger partial charge in [-0.25, -0.2) is 8.42 Å². The quantitative estimate of drug-likeness (QED) is 0.445. The van der Waals surface area contributed by atoms with E-state index in [1.165, 1.54) is 12.1 Å². The first-order valence-electron chi connectivity index (χ1n) is 5.04. The van der Waals surface area contributed by atoms with Crippen LogP contribution >= 0.6 is 33.9 Å². The molecule has 18 heavy (non-hydrogen) atoms. The lowest BCUT2D eigenvalue weighted by Gasteiger charge is -2.10. The minimum atomic E-state index is -3.91. The molecule has 0 saturated heterocycles. The first-order chi connectivity index (χ1) is 8.38. The fourth-order valence-electron chi connectivity index (χ4n) is 1.22. The summed E-state index contributed by atoms with van der Waals surface area (Å²) in [6, 6.07) is 2.69. The number of hydrogen-bond acceptors (Lipinski definition) is 3. The van der Waals surface area contributed by atoms with Crippen LogP contribution in [0.3, 0.4) is 0 Å². The first kappa shape index (κ1) is 15.6. The van der Waals surface area contributed by atoms with E-state index in [1.54, 1.807) is 6.08 Å². The topological polar surface area (TPSA) is 43.4 Å². The molecule has 100 valence electrons. The van der Waals surface area contributed by atoms with E-state index in [0.717, 1.165) is 12.8 Å². The van der Waals surface area contributed by atoms with Crippen LogP contribution in [0.15, 0.2) is 29.7 Å². The molecule has 0 heterocycles. The van der Waals surface area contributed by atoms with Gasteiger partial charge in [0.05, 0.1) is 11.6 Å². The highest BCUT2D eigenvalue weighted by molar-refractivity contribution is 8.13. The number of halogens is 3. The Morgan fingerprint density at radius 3 is 2.50 bits per heavy atom.